The van der Waals surface area contributed by atoms with Gasteiger partial charge in [-0.15, -0.1) is 6.58 Å². The van der Waals surface area contributed by atoms with E-state index in [0.717, 1.165) is 25.1 Å². The highest BCUT2D eigenvalue weighted by Gasteiger charge is 2.11. The Kier molecular flexibility index (Phi) is 5.50. The van der Waals surface area contributed by atoms with Gasteiger partial charge in [0.25, 0.3) is 0 Å². The van der Waals surface area contributed by atoms with Crippen LogP contribution in [0.3, 0.4) is 0 Å². The standard InChI is InChI=1S/C12H19N3O/c1-4-6-7-10(13-5-2)11-8-12(16-3)15-9-14-11/h4,8-10,13H,1,5-7H2,2-3H3. The van der Waals surface area contributed by atoms with Gasteiger partial charge in [0.2, 0.25) is 5.88 Å². The number of hydrogen-bond donors (Lipinski definition) is 1. The molecule has 1 aromatic heterocycles. The second-order valence-corrected chi connectivity index (χ2v) is 3.46. The fourth-order valence-electron chi connectivity index (χ4n) is 1.54. The molecule has 16 heavy (non-hydrogen) atoms. The van der Waals surface area contributed by atoms with E-state index in [1.165, 1.54) is 6.33 Å². The van der Waals surface area contributed by atoms with Gasteiger partial charge in [-0.3, -0.25) is 0 Å². The fraction of sp³-hybridized carbons (Fsp3) is 0.500. The predicted octanol–water partition coefficient (Wildman–Crippen LogP) is 2.10. The molecule has 1 N–H and O–H groups in total. The van der Waals surface area contributed by atoms with Crippen molar-refractivity contribution in [1.82, 2.24) is 15.3 Å². The third-order valence-electron chi connectivity index (χ3n) is 2.34. The lowest BCUT2D eigenvalue weighted by Crippen LogP contribution is -2.21. The first-order chi connectivity index (χ1) is 7.81. The number of rotatable bonds is 7. The molecular formula is C12H19N3O. The van der Waals surface area contributed by atoms with Crippen molar-refractivity contribution in [2.24, 2.45) is 0 Å². The van der Waals surface area contributed by atoms with Gasteiger partial charge in [0.1, 0.15) is 6.33 Å². The van der Waals surface area contributed by atoms with Crippen LogP contribution in [0.4, 0.5) is 0 Å². The summed E-state index contributed by atoms with van der Waals surface area (Å²) in [4.78, 5) is 8.27. The minimum absolute atomic E-state index is 0.236. The van der Waals surface area contributed by atoms with Gasteiger partial charge in [-0.1, -0.05) is 13.0 Å². The van der Waals surface area contributed by atoms with Crippen LogP contribution < -0.4 is 10.1 Å². The summed E-state index contributed by atoms with van der Waals surface area (Å²) in [7, 11) is 1.61. The summed E-state index contributed by atoms with van der Waals surface area (Å²) in [6.45, 7) is 6.73. The van der Waals surface area contributed by atoms with E-state index in [1.54, 1.807) is 7.11 Å². The molecule has 0 aliphatic rings. The van der Waals surface area contributed by atoms with E-state index in [0.29, 0.717) is 5.88 Å². The van der Waals surface area contributed by atoms with Crippen LogP contribution >= 0.6 is 0 Å². The first-order valence-electron chi connectivity index (χ1n) is 5.52. The lowest BCUT2D eigenvalue weighted by atomic mass is 10.1. The molecule has 1 aromatic rings. The number of nitrogens with zero attached hydrogens (tertiary/aromatic N) is 2. The average molecular weight is 221 g/mol. The fourth-order valence-corrected chi connectivity index (χ4v) is 1.54. The van der Waals surface area contributed by atoms with E-state index in [9.17, 15) is 0 Å². The van der Waals surface area contributed by atoms with Gasteiger partial charge >= 0.3 is 0 Å². The summed E-state index contributed by atoms with van der Waals surface area (Å²) < 4.78 is 5.09. The van der Waals surface area contributed by atoms with Crippen LogP contribution in [0, 0.1) is 0 Å². The molecule has 1 rings (SSSR count). The summed E-state index contributed by atoms with van der Waals surface area (Å²) in [5.41, 5.74) is 0.968. The van der Waals surface area contributed by atoms with Crippen LogP contribution in [-0.2, 0) is 0 Å². The number of aromatic nitrogens is 2. The number of methoxy groups -OCH3 is 1. The zero-order valence-electron chi connectivity index (χ0n) is 9.94. The maximum Gasteiger partial charge on any atom is 0.216 e. The predicted molar refractivity (Wildman–Crippen MR) is 64.4 cm³/mol. The quantitative estimate of drug-likeness (QED) is 0.716. The Morgan fingerprint density at radius 2 is 2.38 bits per heavy atom. The number of hydrogen-bond acceptors (Lipinski definition) is 4. The molecule has 0 spiro atoms. The molecule has 0 saturated carbocycles. The van der Waals surface area contributed by atoms with Crippen LogP contribution in [0.1, 0.15) is 31.5 Å². The van der Waals surface area contributed by atoms with Crippen molar-refractivity contribution >= 4 is 0 Å². The number of ether oxygens (including phenoxy) is 1. The van der Waals surface area contributed by atoms with E-state index in [2.05, 4.69) is 28.8 Å². The van der Waals surface area contributed by atoms with Crippen LogP contribution in [-0.4, -0.2) is 23.6 Å². The molecule has 1 heterocycles. The lowest BCUT2D eigenvalue weighted by molar-refractivity contribution is 0.393. The number of allylic oxidation sites excluding steroid dienone is 1. The average Bonchev–Trinajstić information content (AvgIpc) is 2.34. The lowest BCUT2D eigenvalue weighted by Gasteiger charge is -2.16. The van der Waals surface area contributed by atoms with Gasteiger partial charge in [-0.05, 0) is 19.4 Å². The maximum atomic E-state index is 5.09. The van der Waals surface area contributed by atoms with Crippen molar-refractivity contribution in [2.75, 3.05) is 13.7 Å². The number of nitrogens with one attached hydrogen (secondary N) is 1. The zero-order chi connectivity index (χ0) is 11.8. The van der Waals surface area contributed by atoms with Crippen LogP contribution in [0.25, 0.3) is 0 Å². The molecule has 0 amide bonds. The molecule has 4 heteroatoms. The smallest absolute Gasteiger partial charge is 0.216 e. The van der Waals surface area contributed by atoms with Gasteiger partial charge in [0.05, 0.1) is 18.8 Å². The van der Waals surface area contributed by atoms with Gasteiger partial charge < -0.3 is 10.1 Å². The van der Waals surface area contributed by atoms with E-state index < -0.39 is 0 Å². The molecule has 0 aliphatic carbocycles. The summed E-state index contributed by atoms with van der Waals surface area (Å²) in [5.74, 6) is 0.603. The Bertz CT molecular complexity index is 328. The van der Waals surface area contributed by atoms with Crippen molar-refractivity contribution < 1.29 is 4.74 Å². The molecule has 0 bridgehead atoms. The van der Waals surface area contributed by atoms with Crippen molar-refractivity contribution in [3.63, 3.8) is 0 Å². The van der Waals surface area contributed by atoms with Gasteiger partial charge in [0, 0.05) is 6.07 Å². The van der Waals surface area contributed by atoms with Gasteiger partial charge in [-0.25, -0.2) is 9.97 Å². The maximum absolute atomic E-state index is 5.09. The summed E-state index contributed by atoms with van der Waals surface area (Å²) in [6, 6.07) is 2.11. The summed E-state index contributed by atoms with van der Waals surface area (Å²) >= 11 is 0. The first kappa shape index (κ1) is 12.6. The zero-order valence-corrected chi connectivity index (χ0v) is 9.94. The summed E-state index contributed by atoms with van der Waals surface area (Å²) in [6.07, 6.45) is 5.40. The molecular weight excluding hydrogens is 202 g/mol. The van der Waals surface area contributed by atoms with Crippen molar-refractivity contribution in [3.05, 3.63) is 30.7 Å². The van der Waals surface area contributed by atoms with Gasteiger partial charge in [0.15, 0.2) is 0 Å². The SMILES string of the molecule is C=CCCC(NCC)c1cc(OC)ncn1. The molecule has 0 fully saturated rings. The first-order valence-corrected chi connectivity index (χ1v) is 5.52. The van der Waals surface area contributed by atoms with E-state index in [1.807, 2.05) is 12.1 Å². The Morgan fingerprint density at radius 1 is 1.56 bits per heavy atom. The Hall–Kier alpha value is -1.42. The highest BCUT2D eigenvalue weighted by atomic mass is 16.5. The van der Waals surface area contributed by atoms with Gasteiger partial charge in [-0.2, -0.15) is 0 Å². The molecule has 88 valence electrons. The molecule has 4 nitrogen and oxygen atoms in total. The van der Waals surface area contributed by atoms with E-state index >= 15 is 0 Å². The second-order valence-electron chi connectivity index (χ2n) is 3.46. The van der Waals surface area contributed by atoms with Crippen molar-refractivity contribution in [2.45, 2.75) is 25.8 Å². The Balaban J connectivity index is 2.77. The molecule has 0 radical (unpaired) electrons. The molecule has 1 unspecified atom stereocenters. The minimum Gasteiger partial charge on any atom is -0.481 e. The Morgan fingerprint density at radius 3 is 3.00 bits per heavy atom. The molecule has 1 atom stereocenters. The molecule has 0 aliphatic heterocycles. The van der Waals surface area contributed by atoms with E-state index in [-0.39, 0.29) is 6.04 Å². The van der Waals surface area contributed by atoms with Crippen LogP contribution in [0.2, 0.25) is 0 Å². The van der Waals surface area contributed by atoms with E-state index in [4.69, 9.17) is 4.74 Å². The van der Waals surface area contributed by atoms with Crippen LogP contribution in [0.15, 0.2) is 25.0 Å². The topological polar surface area (TPSA) is 47.0 Å². The second kappa shape index (κ2) is 6.95. The third-order valence-corrected chi connectivity index (χ3v) is 2.34. The molecule has 0 aromatic carbocycles. The monoisotopic (exact) mass is 221 g/mol. The highest BCUT2D eigenvalue weighted by Crippen LogP contribution is 2.18. The normalized spacial score (nSPS) is 12.1. The Labute approximate surface area is 96.8 Å². The van der Waals surface area contributed by atoms with Crippen molar-refractivity contribution in [1.29, 1.82) is 0 Å². The van der Waals surface area contributed by atoms with Crippen LogP contribution in [0.5, 0.6) is 5.88 Å². The highest BCUT2D eigenvalue weighted by molar-refractivity contribution is 5.16. The summed E-state index contributed by atoms with van der Waals surface area (Å²) in [5, 5.41) is 3.39. The molecule has 0 saturated heterocycles. The largest absolute Gasteiger partial charge is 0.481 e. The van der Waals surface area contributed by atoms with Crippen molar-refractivity contribution in [3.8, 4) is 5.88 Å². The minimum atomic E-state index is 0.236. The third kappa shape index (κ3) is 3.62.